The van der Waals surface area contributed by atoms with Crippen LogP contribution in [0.3, 0.4) is 0 Å². The van der Waals surface area contributed by atoms with Gasteiger partial charge in [-0.3, -0.25) is 0 Å². The molecule has 0 heterocycles. The number of aliphatic hydroxyl groups is 1. The molecule has 2 aromatic rings. The van der Waals surface area contributed by atoms with Gasteiger partial charge < -0.3 is 25.0 Å². The minimum absolute atomic E-state index is 0.0481. The topological polar surface area (TPSA) is 125 Å². The largest absolute Gasteiger partial charge is 0.502 e. The predicted octanol–water partition coefficient (Wildman–Crippen LogP) is 4.60. The number of aliphatic hydroxyl groups excluding tert-OH is 1. The van der Waals surface area contributed by atoms with E-state index in [0.717, 1.165) is 29.1 Å². The maximum absolute atomic E-state index is 13.9. The van der Waals surface area contributed by atoms with Crippen molar-refractivity contribution in [1.29, 1.82) is 0 Å². The molecule has 1 amide bonds. The molecular formula is C30H42N2O7S. The van der Waals surface area contributed by atoms with Gasteiger partial charge in [0.05, 0.1) is 35.5 Å². The lowest BCUT2D eigenvalue weighted by Crippen LogP contribution is -2.53. The molecule has 0 spiro atoms. The van der Waals surface area contributed by atoms with E-state index in [2.05, 4.69) is 18.5 Å². The highest BCUT2D eigenvalue weighted by Gasteiger charge is 2.37. The van der Waals surface area contributed by atoms with Crippen LogP contribution >= 0.6 is 0 Å². The van der Waals surface area contributed by atoms with Gasteiger partial charge in [0, 0.05) is 26.1 Å². The van der Waals surface area contributed by atoms with Gasteiger partial charge >= 0.3 is 6.09 Å². The molecule has 2 rings (SSSR count). The summed E-state index contributed by atoms with van der Waals surface area (Å²) in [7, 11) is -2.62. The first-order valence-corrected chi connectivity index (χ1v) is 14.7. The zero-order chi connectivity index (χ0) is 29.6. The zero-order valence-corrected chi connectivity index (χ0v) is 24.2. The van der Waals surface area contributed by atoms with Gasteiger partial charge in [0.25, 0.3) is 0 Å². The molecule has 0 saturated heterocycles. The molecule has 9 nitrogen and oxygen atoms in total. The Kier molecular flexibility index (Phi) is 13.4. The number of carbonyl (C=O) groups is 1. The van der Waals surface area contributed by atoms with E-state index < -0.39 is 33.9 Å². The van der Waals surface area contributed by atoms with Crippen LogP contribution in [-0.4, -0.2) is 73.6 Å². The Morgan fingerprint density at radius 1 is 1.12 bits per heavy atom. The fraction of sp³-hybridized carbons (Fsp3) is 0.433. The molecule has 0 aliphatic heterocycles. The van der Waals surface area contributed by atoms with Gasteiger partial charge in [-0.05, 0) is 50.3 Å². The van der Waals surface area contributed by atoms with Crippen LogP contribution < -0.4 is 5.32 Å². The Balaban J connectivity index is 2.41. The smallest absolute Gasteiger partial charge is 0.404 e. The first-order valence-electron chi connectivity index (χ1n) is 13.2. The molecule has 3 atom stereocenters. The highest BCUT2D eigenvalue weighted by molar-refractivity contribution is 7.89. The van der Waals surface area contributed by atoms with E-state index in [9.17, 15) is 23.4 Å². The van der Waals surface area contributed by atoms with Crippen molar-refractivity contribution in [1.82, 2.24) is 9.62 Å². The number of ether oxygens (including phenoxy) is 2. The van der Waals surface area contributed by atoms with Crippen LogP contribution in [0, 0.1) is 0 Å². The van der Waals surface area contributed by atoms with Gasteiger partial charge in [-0.1, -0.05) is 61.2 Å². The van der Waals surface area contributed by atoms with Crippen molar-refractivity contribution in [2.75, 3.05) is 26.8 Å². The number of allylic oxidation sites excluding steroid dienone is 1. The molecule has 10 heteroatoms. The van der Waals surface area contributed by atoms with Gasteiger partial charge in [-0.15, -0.1) is 6.58 Å². The predicted molar refractivity (Wildman–Crippen MR) is 155 cm³/mol. The van der Waals surface area contributed by atoms with E-state index >= 15 is 0 Å². The number of rotatable bonds is 19. The van der Waals surface area contributed by atoms with Gasteiger partial charge in [0.15, 0.2) is 0 Å². The lowest BCUT2D eigenvalue weighted by molar-refractivity contribution is -0.0533. The van der Waals surface area contributed by atoms with E-state index in [1.54, 1.807) is 25.1 Å². The number of hydrogen-bond acceptors (Lipinski definition) is 6. The summed E-state index contributed by atoms with van der Waals surface area (Å²) in [6.45, 7) is 9.29. The van der Waals surface area contributed by atoms with Crippen molar-refractivity contribution in [3.05, 3.63) is 91.2 Å². The summed E-state index contributed by atoms with van der Waals surface area (Å²) in [5.74, 6) is 0.417. The average molecular weight is 575 g/mol. The van der Waals surface area contributed by atoms with E-state index in [0.29, 0.717) is 12.4 Å². The molecule has 2 aromatic carbocycles. The van der Waals surface area contributed by atoms with Crippen molar-refractivity contribution in [3.8, 4) is 0 Å². The maximum atomic E-state index is 13.9. The van der Waals surface area contributed by atoms with Crippen LogP contribution in [-0.2, 0) is 25.9 Å². The standard InChI is InChI=1S/C30H42N2O7S/c1-5-6-7-14-19-39-30(3,21-24(2)38-4)23-32(40(36,37)26-17-12-9-13-18-26)22-28(33)27(31-29(34)35)20-25-15-10-8-11-16-25/h5,8-13,15-18,27-28,31,33H,1-2,6-7,14,19-23H2,3-4H3,(H,34,35)/t27-,28+,30?/m0/s1. The lowest BCUT2D eigenvalue weighted by Gasteiger charge is -2.37. The van der Waals surface area contributed by atoms with Crippen LogP contribution in [0.1, 0.15) is 38.2 Å². The molecule has 220 valence electrons. The Bertz CT molecular complexity index is 1180. The van der Waals surface area contributed by atoms with Crippen molar-refractivity contribution in [2.24, 2.45) is 0 Å². The molecule has 1 unspecified atom stereocenters. The molecule has 0 aliphatic rings. The first kappa shape index (κ1) is 33.0. The van der Waals surface area contributed by atoms with Crippen molar-refractivity contribution < 1.29 is 32.9 Å². The Morgan fingerprint density at radius 2 is 1.75 bits per heavy atom. The molecule has 0 bridgehead atoms. The number of nitrogens with one attached hydrogen (secondary N) is 1. The number of benzene rings is 2. The molecule has 0 radical (unpaired) electrons. The van der Waals surface area contributed by atoms with Crippen LogP contribution in [0.5, 0.6) is 0 Å². The van der Waals surface area contributed by atoms with Crippen LogP contribution in [0.4, 0.5) is 4.79 Å². The monoisotopic (exact) mass is 574 g/mol. The van der Waals surface area contributed by atoms with Crippen molar-refractivity contribution >= 4 is 16.1 Å². The molecule has 0 aromatic heterocycles. The lowest BCUT2D eigenvalue weighted by atomic mass is 9.99. The van der Waals surface area contributed by atoms with Gasteiger partial charge in [-0.2, -0.15) is 4.31 Å². The van der Waals surface area contributed by atoms with Gasteiger partial charge in [-0.25, -0.2) is 13.2 Å². The quantitative estimate of drug-likeness (QED) is 0.127. The summed E-state index contributed by atoms with van der Waals surface area (Å²) in [4.78, 5) is 11.6. The fourth-order valence-electron chi connectivity index (χ4n) is 4.36. The van der Waals surface area contributed by atoms with Gasteiger partial charge in [0.2, 0.25) is 10.0 Å². The Morgan fingerprint density at radius 3 is 2.33 bits per heavy atom. The van der Waals surface area contributed by atoms with Crippen molar-refractivity contribution in [3.63, 3.8) is 0 Å². The number of unbranched alkanes of at least 4 members (excludes halogenated alkanes) is 2. The summed E-state index contributed by atoms with van der Waals surface area (Å²) in [6, 6.07) is 16.0. The number of methoxy groups -OCH3 is 1. The first-order chi connectivity index (χ1) is 19.0. The van der Waals surface area contributed by atoms with E-state index in [1.165, 1.54) is 19.2 Å². The summed E-state index contributed by atoms with van der Waals surface area (Å²) in [5.41, 5.74) is -0.250. The Labute approximate surface area is 238 Å². The molecule has 0 saturated carbocycles. The second kappa shape index (κ2) is 16.2. The highest BCUT2D eigenvalue weighted by atomic mass is 32.2. The van der Waals surface area contributed by atoms with E-state index in [1.807, 2.05) is 36.4 Å². The molecule has 3 N–H and O–H groups in total. The van der Waals surface area contributed by atoms with E-state index in [4.69, 9.17) is 9.47 Å². The number of carboxylic acid groups (broad SMARTS) is 1. The van der Waals surface area contributed by atoms with Crippen LogP contribution in [0.25, 0.3) is 0 Å². The molecular weight excluding hydrogens is 532 g/mol. The SMILES string of the molecule is C=CCCCCOC(C)(CC(=C)OC)CN(C[C@@H](O)[C@H](Cc1ccccc1)NC(=O)O)S(=O)(=O)c1ccccc1. The third-order valence-corrected chi connectivity index (χ3v) is 8.29. The second-order valence-electron chi connectivity index (χ2n) is 9.93. The summed E-state index contributed by atoms with van der Waals surface area (Å²) >= 11 is 0. The fourth-order valence-corrected chi connectivity index (χ4v) is 5.95. The minimum atomic E-state index is -4.11. The molecule has 0 fully saturated rings. The van der Waals surface area contributed by atoms with E-state index in [-0.39, 0.29) is 30.8 Å². The van der Waals surface area contributed by atoms with Crippen LogP contribution in [0.15, 0.2) is 90.6 Å². The normalized spacial score (nSPS) is 14.6. The average Bonchev–Trinajstić information content (AvgIpc) is 2.93. The number of amides is 1. The highest BCUT2D eigenvalue weighted by Crippen LogP contribution is 2.27. The summed E-state index contributed by atoms with van der Waals surface area (Å²) in [6.07, 6.45) is 1.99. The summed E-state index contributed by atoms with van der Waals surface area (Å²) in [5, 5.41) is 23.1. The number of sulfonamides is 1. The van der Waals surface area contributed by atoms with Crippen LogP contribution in [0.2, 0.25) is 0 Å². The van der Waals surface area contributed by atoms with Crippen molar-refractivity contribution in [2.45, 2.75) is 61.7 Å². The zero-order valence-electron chi connectivity index (χ0n) is 23.4. The summed E-state index contributed by atoms with van der Waals surface area (Å²) < 4.78 is 40.4. The molecule has 40 heavy (non-hydrogen) atoms. The second-order valence-corrected chi connectivity index (χ2v) is 11.9. The third-order valence-electron chi connectivity index (χ3n) is 6.47. The Hall–Kier alpha value is -3.18. The van der Waals surface area contributed by atoms with Gasteiger partial charge in [0.1, 0.15) is 0 Å². The molecule has 0 aliphatic carbocycles. The third kappa shape index (κ3) is 10.8. The number of nitrogens with zero attached hydrogens (tertiary/aromatic N) is 1. The minimum Gasteiger partial charge on any atom is -0.502 e. The maximum Gasteiger partial charge on any atom is 0.404 e. The number of hydrogen-bond donors (Lipinski definition) is 3.